The largest absolute Gasteiger partial charge is 0.497 e. The summed E-state index contributed by atoms with van der Waals surface area (Å²) >= 11 is 0. The first-order chi connectivity index (χ1) is 15.7. The van der Waals surface area contributed by atoms with Crippen molar-refractivity contribution in [3.8, 4) is 16.9 Å². The van der Waals surface area contributed by atoms with Crippen LogP contribution in [-0.2, 0) is 11.3 Å². The summed E-state index contributed by atoms with van der Waals surface area (Å²) in [6.45, 7) is 2.87. The fourth-order valence-corrected chi connectivity index (χ4v) is 5.44. The van der Waals surface area contributed by atoms with E-state index in [1.807, 2.05) is 12.1 Å². The lowest BCUT2D eigenvalue weighted by molar-refractivity contribution is -0.00705. The molecule has 1 aliphatic carbocycles. The Kier molecular flexibility index (Phi) is 8.20. The van der Waals surface area contributed by atoms with Crippen LogP contribution in [0.1, 0.15) is 44.1 Å². The molecular formula is C27H37NO4. The third kappa shape index (κ3) is 5.52. The molecule has 2 aromatic carbocycles. The molecule has 5 heteroatoms. The Bertz CT molecular complexity index is 817. The van der Waals surface area contributed by atoms with Crippen LogP contribution in [0.5, 0.6) is 5.75 Å². The monoisotopic (exact) mass is 439 g/mol. The summed E-state index contributed by atoms with van der Waals surface area (Å²) < 4.78 is 11.6. The molecule has 0 aromatic heterocycles. The Morgan fingerprint density at radius 3 is 2.22 bits per heavy atom. The molecule has 4 rings (SSSR count). The van der Waals surface area contributed by atoms with Crippen molar-refractivity contribution >= 4 is 0 Å². The third-order valence-corrected chi connectivity index (χ3v) is 7.13. The lowest BCUT2D eigenvalue weighted by Gasteiger charge is -2.38. The zero-order chi connectivity index (χ0) is 22.3. The number of hydrogen-bond donors (Lipinski definition) is 2. The zero-order valence-corrected chi connectivity index (χ0v) is 19.2. The molecule has 2 N–H and O–H groups in total. The van der Waals surface area contributed by atoms with Gasteiger partial charge >= 0.3 is 0 Å². The van der Waals surface area contributed by atoms with E-state index in [9.17, 15) is 10.2 Å². The lowest BCUT2D eigenvalue weighted by Crippen LogP contribution is -2.47. The zero-order valence-electron chi connectivity index (χ0n) is 19.2. The van der Waals surface area contributed by atoms with Crippen molar-refractivity contribution in [1.82, 2.24) is 4.90 Å². The SMILES string of the molecule is COc1ccc(-c2ccc(CO[C@H]3C[C@@H](O)[C@H](N4CCCCC4)[C@H]3CCCO)cc2)cc1. The van der Waals surface area contributed by atoms with Crippen molar-refractivity contribution in [2.45, 2.75) is 63.4 Å². The Labute approximate surface area is 192 Å². The highest BCUT2D eigenvalue weighted by Crippen LogP contribution is 2.37. The van der Waals surface area contributed by atoms with Crippen molar-refractivity contribution in [1.29, 1.82) is 0 Å². The van der Waals surface area contributed by atoms with Gasteiger partial charge in [-0.05, 0) is 67.6 Å². The summed E-state index contributed by atoms with van der Waals surface area (Å²) in [6, 6.07) is 16.7. The van der Waals surface area contributed by atoms with Crippen LogP contribution in [-0.4, -0.2) is 60.2 Å². The summed E-state index contributed by atoms with van der Waals surface area (Å²) in [6.07, 6.45) is 5.73. The van der Waals surface area contributed by atoms with Crippen molar-refractivity contribution in [3.05, 3.63) is 54.1 Å². The number of benzene rings is 2. The number of aliphatic hydroxyl groups excluding tert-OH is 2. The van der Waals surface area contributed by atoms with Crippen LogP contribution in [0.15, 0.2) is 48.5 Å². The molecule has 5 nitrogen and oxygen atoms in total. The molecule has 32 heavy (non-hydrogen) atoms. The molecule has 1 heterocycles. The minimum Gasteiger partial charge on any atom is -0.497 e. The number of rotatable bonds is 9. The van der Waals surface area contributed by atoms with Gasteiger partial charge in [-0.3, -0.25) is 4.90 Å². The third-order valence-electron chi connectivity index (χ3n) is 7.13. The maximum absolute atomic E-state index is 10.9. The van der Waals surface area contributed by atoms with E-state index in [-0.39, 0.29) is 30.8 Å². The predicted octanol–water partition coefficient (Wildman–Crippen LogP) is 4.26. The lowest BCUT2D eigenvalue weighted by atomic mass is 9.92. The van der Waals surface area contributed by atoms with Crippen molar-refractivity contribution in [2.75, 3.05) is 26.8 Å². The summed E-state index contributed by atoms with van der Waals surface area (Å²) in [5.74, 6) is 1.13. The first kappa shape index (κ1) is 23.2. The van der Waals surface area contributed by atoms with Gasteiger partial charge in [0.25, 0.3) is 0 Å². The maximum atomic E-state index is 10.9. The van der Waals surface area contributed by atoms with Crippen LogP contribution in [0.25, 0.3) is 11.1 Å². The van der Waals surface area contributed by atoms with Gasteiger partial charge in [0.05, 0.1) is 25.9 Å². The number of methoxy groups -OCH3 is 1. The molecule has 4 atom stereocenters. The van der Waals surface area contributed by atoms with Crippen LogP contribution >= 0.6 is 0 Å². The highest BCUT2D eigenvalue weighted by Gasteiger charge is 2.45. The molecule has 0 radical (unpaired) electrons. The van der Waals surface area contributed by atoms with Crippen molar-refractivity contribution in [2.24, 2.45) is 5.92 Å². The van der Waals surface area contributed by atoms with Gasteiger partial charge < -0.3 is 19.7 Å². The molecule has 0 spiro atoms. The molecule has 0 amide bonds. The smallest absolute Gasteiger partial charge is 0.118 e. The van der Waals surface area contributed by atoms with E-state index < -0.39 is 0 Å². The number of nitrogens with zero attached hydrogens (tertiary/aromatic N) is 1. The molecule has 174 valence electrons. The Balaban J connectivity index is 1.38. The predicted molar refractivity (Wildman–Crippen MR) is 127 cm³/mol. The van der Waals surface area contributed by atoms with Gasteiger partial charge in [0.2, 0.25) is 0 Å². The number of aliphatic hydroxyl groups is 2. The topological polar surface area (TPSA) is 62.2 Å². The average molecular weight is 440 g/mol. The molecule has 1 aliphatic heterocycles. The van der Waals surface area contributed by atoms with E-state index in [4.69, 9.17) is 9.47 Å². The number of piperidine rings is 1. The maximum Gasteiger partial charge on any atom is 0.118 e. The molecular weight excluding hydrogens is 402 g/mol. The van der Waals surface area contributed by atoms with Gasteiger partial charge in [-0.1, -0.05) is 42.8 Å². The molecule has 2 aliphatic rings. The summed E-state index contributed by atoms with van der Waals surface area (Å²) in [4.78, 5) is 2.48. The van der Waals surface area contributed by atoms with Gasteiger partial charge in [0.15, 0.2) is 0 Å². The molecule has 1 saturated heterocycles. The number of likely N-dealkylation sites (tertiary alicyclic amines) is 1. The molecule has 0 bridgehead atoms. The quantitative estimate of drug-likeness (QED) is 0.611. The fourth-order valence-electron chi connectivity index (χ4n) is 5.44. The van der Waals surface area contributed by atoms with E-state index in [2.05, 4.69) is 41.3 Å². The average Bonchev–Trinajstić information content (AvgIpc) is 3.17. The summed E-state index contributed by atoms with van der Waals surface area (Å²) in [5.41, 5.74) is 3.46. The van der Waals surface area contributed by atoms with E-state index in [1.165, 1.54) is 24.8 Å². The van der Waals surface area contributed by atoms with Gasteiger partial charge in [-0.25, -0.2) is 0 Å². The van der Waals surface area contributed by atoms with Gasteiger partial charge in [-0.15, -0.1) is 0 Å². The van der Waals surface area contributed by atoms with Crippen LogP contribution in [0, 0.1) is 5.92 Å². The minimum atomic E-state index is -0.348. The Morgan fingerprint density at radius 1 is 0.938 bits per heavy atom. The van der Waals surface area contributed by atoms with E-state index >= 15 is 0 Å². The number of hydrogen-bond acceptors (Lipinski definition) is 5. The Morgan fingerprint density at radius 2 is 1.59 bits per heavy atom. The van der Waals surface area contributed by atoms with E-state index in [1.54, 1.807) is 7.11 Å². The highest BCUT2D eigenvalue weighted by atomic mass is 16.5. The molecule has 2 aromatic rings. The van der Waals surface area contributed by atoms with Crippen LogP contribution in [0.2, 0.25) is 0 Å². The second kappa shape index (κ2) is 11.3. The molecule has 0 unspecified atom stereocenters. The van der Waals surface area contributed by atoms with E-state index in [0.29, 0.717) is 13.0 Å². The first-order valence-corrected chi connectivity index (χ1v) is 12.1. The molecule has 2 fully saturated rings. The second-order valence-electron chi connectivity index (χ2n) is 9.19. The first-order valence-electron chi connectivity index (χ1n) is 12.1. The van der Waals surface area contributed by atoms with Crippen LogP contribution in [0.4, 0.5) is 0 Å². The van der Waals surface area contributed by atoms with Gasteiger partial charge in [-0.2, -0.15) is 0 Å². The fraction of sp³-hybridized carbons (Fsp3) is 0.556. The molecule has 1 saturated carbocycles. The Hall–Kier alpha value is -1.92. The second-order valence-corrected chi connectivity index (χ2v) is 9.19. The van der Waals surface area contributed by atoms with Crippen molar-refractivity contribution < 1.29 is 19.7 Å². The van der Waals surface area contributed by atoms with Gasteiger partial charge in [0.1, 0.15) is 5.75 Å². The highest BCUT2D eigenvalue weighted by molar-refractivity contribution is 5.64. The minimum absolute atomic E-state index is 0.0322. The van der Waals surface area contributed by atoms with Crippen LogP contribution < -0.4 is 4.74 Å². The van der Waals surface area contributed by atoms with E-state index in [0.717, 1.165) is 42.8 Å². The summed E-state index contributed by atoms with van der Waals surface area (Å²) in [7, 11) is 1.68. The number of ether oxygens (including phenoxy) is 2. The summed E-state index contributed by atoms with van der Waals surface area (Å²) in [5, 5.41) is 20.3. The normalized spacial score (nSPS) is 26.3. The van der Waals surface area contributed by atoms with Crippen LogP contribution in [0.3, 0.4) is 0 Å². The van der Waals surface area contributed by atoms with Gasteiger partial charge in [0, 0.05) is 25.0 Å². The standard InChI is InChI=1S/C27H37NO4/c1-31-23-13-11-22(12-14-23)21-9-7-20(8-10-21)19-32-26-18-25(30)27(24(26)6-5-17-29)28-15-3-2-4-16-28/h7-14,24-27,29-30H,2-6,15-19H2,1H3/t24-,25+,26-,27+/m0/s1. The van der Waals surface area contributed by atoms with Crippen molar-refractivity contribution in [3.63, 3.8) is 0 Å².